The van der Waals surface area contributed by atoms with E-state index in [1.54, 1.807) is 0 Å². The molecule has 0 aromatic rings. The van der Waals surface area contributed by atoms with Crippen LogP contribution in [0, 0.1) is 0 Å². The fourth-order valence-electron chi connectivity index (χ4n) is 3.93. The van der Waals surface area contributed by atoms with Crippen LogP contribution in [-0.2, 0) is 4.79 Å². The van der Waals surface area contributed by atoms with Crippen LogP contribution < -0.4 is 0 Å². The summed E-state index contributed by atoms with van der Waals surface area (Å²) in [6, 6.07) is 0. The first-order valence-corrected chi connectivity index (χ1v) is 15.7. The Morgan fingerprint density at radius 1 is 0.667 bits per heavy atom. The van der Waals surface area contributed by atoms with Crippen molar-refractivity contribution in [2.75, 3.05) is 0 Å². The van der Waals surface area contributed by atoms with E-state index < -0.39 is 16.1 Å². The van der Waals surface area contributed by atoms with Gasteiger partial charge in [-0.1, -0.05) is 67.7 Å². The normalized spacial score (nSPS) is 20.8. The third kappa shape index (κ3) is 2.86. The average Bonchev–Trinajstić information content (AvgIpc) is 2.68. The Bertz CT molecular complexity index is 565. The fourth-order valence-corrected chi connectivity index (χ4v) is 9.00. The molecule has 0 aromatic carbocycles. The van der Waals surface area contributed by atoms with E-state index >= 15 is 0 Å². The van der Waals surface area contributed by atoms with Gasteiger partial charge in [0.1, 0.15) is 0 Å². The van der Waals surface area contributed by atoms with Crippen LogP contribution in [0.1, 0.15) is 67.2 Å². The number of ketones is 1. The standard InChI is InChI=1S/C21H38OSi2/c1-20(2,3)23(7,8)18-15-13-11-12-14-16(15)19(17(18)22)24(9,10)21(4,5)6/h11-14H2,1-10H3. The number of Topliss-reactive ketones (excluding diaryl/α,β-unsaturated/α-hetero) is 1. The molecule has 0 amide bonds. The number of hydrogen-bond donors (Lipinski definition) is 0. The average molecular weight is 363 g/mol. The van der Waals surface area contributed by atoms with Crippen LogP contribution >= 0.6 is 0 Å². The van der Waals surface area contributed by atoms with Crippen molar-refractivity contribution in [1.82, 2.24) is 0 Å². The van der Waals surface area contributed by atoms with Gasteiger partial charge in [0.15, 0.2) is 5.78 Å². The molecule has 0 N–H and O–H groups in total. The van der Waals surface area contributed by atoms with E-state index in [0.29, 0.717) is 5.78 Å². The topological polar surface area (TPSA) is 17.1 Å². The van der Waals surface area contributed by atoms with Crippen LogP contribution in [0.5, 0.6) is 0 Å². The molecule has 2 aliphatic rings. The summed E-state index contributed by atoms with van der Waals surface area (Å²) >= 11 is 0. The Morgan fingerprint density at radius 2 is 0.958 bits per heavy atom. The summed E-state index contributed by atoms with van der Waals surface area (Å²) in [5, 5.41) is 3.03. The SMILES string of the molecule is CC(C)(C)[Si](C)(C)C1=C2CCCCC2=C([Si](C)(C)C(C)(C)C)C1=O. The minimum atomic E-state index is -1.81. The molecule has 24 heavy (non-hydrogen) atoms. The van der Waals surface area contributed by atoms with Gasteiger partial charge in [-0.3, -0.25) is 4.79 Å². The van der Waals surface area contributed by atoms with Crippen LogP contribution in [-0.4, -0.2) is 21.9 Å². The number of carbonyl (C=O) groups excluding carboxylic acids is 1. The maximum atomic E-state index is 13.8. The van der Waals surface area contributed by atoms with Gasteiger partial charge in [0.25, 0.3) is 0 Å². The Morgan fingerprint density at radius 3 is 1.21 bits per heavy atom. The van der Waals surface area contributed by atoms with Gasteiger partial charge in [-0.25, -0.2) is 0 Å². The van der Waals surface area contributed by atoms with Crippen molar-refractivity contribution in [3.05, 3.63) is 21.5 Å². The molecule has 1 saturated carbocycles. The van der Waals surface area contributed by atoms with E-state index in [1.807, 2.05) is 0 Å². The van der Waals surface area contributed by atoms with E-state index in [0.717, 1.165) is 12.8 Å². The molecule has 0 heterocycles. The minimum Gasteiger partial charge on any atom is -0.290 e. The second kappa shape index (κ2) is 5.80. The zero-order valence-corrected chi connectivity index (χ0v) is 19.7. The van der Waals surface area contributed by atoms with Gasteiger partial charge in [-0.05, 0) is 57.3 Å². The van der Waals surface area contributed by atoms with E-state index in [9.17, 15) is 4.79 Å². The summed E-state index contributed by atoms with van der Waals surface area (Å²) in [7, 11) is -3.62. The smallest absolute Gasteiger partial charge is 0.177 e. The van der Waals surface area contributed by atoms with Gasteiger partial charge < -0.3 is 0 Å². The highest BCUT2D eigenvalue weighted by Crippen LogP contribution is 2.53. The van der Waals surface area contributed by atoms with Crippen LogP contribution in [0.3, 0.4) is 0 Å². The largest absolute Gasteiger partial charge is 0.290 e. The lowest BCUT2D eigenvalue weighted by molar-refractivity contribution is -0.111. The Kier molecular flexibility index (Phi) is 4.81. The summed E-state index contributed by atoms with van der Waals surface area (Å²) in [4.78, 5) is 13.8. The van der Waals surface area contributed by atoms with Crippen molar-refractivity contribution in [3.63, 3.8) is 0 Å². The Hall–Kier alpha value is -0.416. The summed E-state index contributed by atoms with van der Waals surface area (Å²) in [5.41, 5.74) is 3.00. The highest BCUT2D eigenvalue weighted by atomic mass is 28.3. The lowest BCUT2D eigenvalue weighted by atomic mass is 9.92. The zero-order valence-electron chi connectivity index (χ0n) is 17.7. The van der Waals surface area contributed by atoms with Gasteiger partial charge in [-0.2, -0.15) is 0 Å². The maximum absolute atomic E-state index is 13.8. The first kappa shape index (κ1) is 19.9. The minimum absolute atomic E-state index is 0.219. The monoisotopic (exact) mass is 362 g/mol. The molecule has 0 bridgehead atoms. The van der Waals surface area contributed by atoms with Gasteiger partial charge in [-0.15, -0.1) is 0 Å². The lowest BCUT2D eigenvalue weighted by Gasteiger charge is -2.41. The van der Waals surface area contributed by atoms with Crippen molar-refractivity contribution in [1.29, 1.82) is 0 Å². The molecule has 2 rings (SSSR count). The molecule has 136 valence electrons. The molecule has 1 fully saturated rings. The molecular formula is C21H38OSi2. The van der Waals surface area contributed by atoms with Gasteiger partial charge in [0.05, 0.1) is 16.1 Å². The predicted molar refractivity (Wildman–Crippen MR) is 112 cm³/mol. The van der Waals surface area contributed by atoms with Crippen LogP contribution in [0.2, 0.25) is 36.3 Å². The van der Waals surface area contributed by atoms with E-state index in [1.165, 1.54) is 34.4 Å². The summed E-state index contributed by atoms with van der Waals surface area (Å²) in [6.07, 6.45) is 4.80. The highest BCUT2D eigenvalue weighted by Gasteiger charge is 2.52. The molecule has 3 heteroatoms. The number of carbonyl (C=O) groups is 1. The first-order chi connectivity index (χ1) is 10.6. The van der Waals surface area contributed by atoms with Gasteiger partial charge in [0, 0.05) is 0 Å². The zero-order chi connectivity index (χ0) is 18.7. The van der Waals surface area contributed by atoms with Crippen LogP contribution in [0.25, 0.3) is 0 Å². The van der Waals surface area contributed by atoms with Crippen LogP contribution in [0.4, 0.5) is 0 Å². The third-order valence-corrected chi connectivity index (χ3v) is 18.6. The Labute approximate surface area is 152 Å². The molecule has 1 nitrogen and oxygen atoms in total. The van der Waals surface area contributed by atoms with Crippen LogP contribution in [0.15, 0.2) is 21.5 Å². The molecule has 0 radical (unpaired) electrons. The van der Waals surface area contributed by atoms with Crippen molar-refractivity contribution in [2.24, 2.45) is 0 Å². The molecular weight excluding hydrogens is 324 g/mol. The summed E-state index contributed by atoms with van der Waals surface area (Å²) < 4.78 is 0. The second-order valence-electron chi connectivity index (χ2n) is 11.0. The summed E-state index contributed by atoms with van der Waals surface area (Å²) in [5.74, 6) is 0.472. The quantitative estimate of drug-likeness (QED) is 0.492. The van der Waals surface area contributed by atoms with E-state index in [-0.39, 0.29) is 10.1 Å². The van der Waals surface area contributed by atoms with Gasteiger partial charge >= 0.3 is 0 Å². The number of hydrogen-bond acceptors (Lipinski definition) is 1. The lowest BCUT2D eigenvalue weighted by Crippen LogP contribution is -2.47. The molecule has 0 atom stereocenters. The third-order valence-electron chi connectivity index (χ3n) is 7.53. The maximum Gasteiger partial charge on any atom is 0.177 e. The molecule has 2 aliphatic carbocycles. The van der Waals surface area contributed by atoms with Crippen molar-refractivity contribution in [3.8, 4) is 0 Å². The van der Waals surface area contributed by atoms with E-state index in [4.69, 9.17) is 0 Å². The van der Waals surface area contributed by atoms with Crippen molar-refractivity contribution < 1.29 is 4.79 Å². The predicted octanol–water partition coefficient (Wildman–Crippen LogP) is 6.83. The number of fused-ring (bicyclic) bond motifs is 1. The summed E-state index contributed by atoms with van der Waals surface area (Å²) in [6.45, 7) is 23.7. The second-order valence-corrected chi connectivity index (χ2v) is 21.5. The van der Waals surface area contributed by atoms with E-state index in [2.05, 4.69) is 67.7 Å². The molecule has 0 saturated heterocycles. The van der Waals surface area contributed by atoms with Gasteiger partial charge in [0.2, 0.25) is 0 Å². The highest BCUT2D eigenvalue weighted by molar-refractivity contribution is 6.97. The first-order valence-electron chi connectivity index (χ1n) is 9.66. The number of allylic oxidation sites excluding steroid dienone is 4. The number of rotatable bonds is 2. The Balaban J connectivity index is 2.68. The molecule has 0 aromatic heterocycles. The van der Waals surface area contributed by atoms with Crippen molar-refractivity contribution in [2.45, 2.75) is 103 Å². The molecule has 0 unspecified atom stereocenters. The molecule has 0 aliphatic heterocycles. The van der Waals surface area contributed by atoms with Crippen molar-refractivity contribution >= 4 is 21.9 Å². The molecule has 0 spiro atoms. The fraction of sp³-hybridized carbons (Fsp3) is 0.762.